The molecule has 0 aliphatic heterocycles. The summed E-state index contributed by atoms with van der Waals surface area (Å²) in [5.41, 5.74) is 7.31. The maximum absolute atomic E-state index is 12.1. The molecule has 8 heteroatoms. The highest BCUT2D eigenvalue weighted by Gasteiger charge is 2.14. The van der Waals surface area contributed by atoms with E-state index in [9.17, 15) is 9.59 Å². The van der Waals surface area contributed by atoms with E-state index in [0.29, 0.717) is 35.0 Å². The van der Waals surface area contributed by atoms with Gasteiger partial charge in [-0.1, -0.05) is 48.5 Å². The molecule has 2 amide bonds. The van der Waals surface area contributed by atoms with Crippen LogP contribution in [0.4, 0.5) is 0 Å². The van der Waals surface area contributed by atoms with Gasteiger partial charge in [-0.05, 0) is 35.2 Å². The molecule has 0 spiro atoms. The minimum atomic E-state index is -0.611. The third-order valence-corrected chi connectivity index (χ3v) is 5.34. The van der Waals surface area contributed by atoms with Crippen LogP contribution in [0.25, 0.3) is 33.3 Å². The minimum absolute atomic E-state index is 0. The fraction of sp³-hybridized carbons (Fsp3) is 0.120. The Morgan fingerprint density at radius 2 is 1.58 bits per heavy atom. The lowest BCUT2D eigenvalue weighted by Crippen LogP contribution is -2.19. The highest BCUT2D eigenvalue weighted by atomic mass is 35.5. The van der Waals surface area contributed by atoms with Gasteiger partial charge in [-0.3, -0.25) is 19.8 Å². The van der Waals surface area contributed by atoms with E-state index in [1.165, 1.54) is 0 Å². The topological polar surface area (TPSA) is 104 Å². The van der Waals surface area contributed by atoms with Crippen LogP contribution in [0.2, 0.25) is 0 Å². The van der Waals surface area contributed by atoms with Crippen LogP contribution in [0.15, 0.2) is 73.1 Å². The summed E-state index contributed by atoms with van der Waals surface area (Å²) in [5, 5.41) is 12.3. The number of hydrogen-bond donors (Lipinski definition) is 3. The zero-order valence-electron chi connectivity index (χ0n) is 17.9. The normalized spacial score (nSPS) is 10.4. The first kappa shape index (κ1) is 23.8. The highest BCUT2D eigenvalue weighted by Crippen LogP contribution is 2.27. The largest absolute Gasteiger partial charge is 0.359 e. The number of halogens is 1. The molecule has 0 radical (unpaired) electrons. The van der Waals surface area contributed by atoms with Crippen molar-refractivity contribution in [2.45, 2.75) is 12.8 Å². The molecule has 33 heavy (non-hydrogen) atoms. The summed E-state index contributed by atoms with van der Waals surface area (Å²) in [6, 6.07) is 19.4. The standard InChI is InChI=1S/C25H22N4O3.ClH/c1-26-24(30)11-4-16-2-5-17(6-3-16)18-7-9-19(10-8-18)23-14-20(25(31)29-32)21-15-27-13-12-22(21)28-23;/h2-3,5-10,12-15,32H,4,11H2,1H3,(H,26,30)(H,29,31);1H. The third kappa shape index (κ3) is 5.34. The first-order chi connectivity index (χ1) is 15.6. The lowest BCUT2D eigenvalue weighted by molar-refractivity contribution is -0.120. The van der Waals surface area contributed by atoms with Crippen LogP contribution in [-0.4, -0.2) is 34.0 Å². The number of amides is 2. The van der Waals surface area contributed by atoms with Crippen LogP contribution in [0.3, 0.4) is 0 Å². The molecule has 0 saturated heterocycles. The Morgan fingerprint density at radius 1 is 0.939 bits per heavy atom. The molecular formula is C25H23ClN4O3. The van der Waals surface area contributed by atoms with E-state index in [1.807, 2.05) is 48.5 Å². The zero-order chi connectivity index (χ0) is 22.5. The van der Waals surface area contributed by atoms with Gasteiger partial charge in [0, 0.05) is 36.8 Å². The minimum Gasteiger partial charge on any atom is -0.359 e. The molecule has 4 aromatic rings. The van der Waals surface area contributed by atoms with Gasteiger partial charge in [0.25, 0.3) is 5.91 Å². The van der Waals surface area contributed by atoms with Crippen LogP contribution in [0.1, 0.15) is 22.3 Å². The zero-order valence-corrected chi connectivity index (χ0v) is 18.7. The number of pyridine rings is 2. The molecule has 0 bridgehead atoms. The Hall–Kier alpha value is -3.81. The molecule has 168 valence electrons. The van der Waals surface area contributed by atoms with Crippen molar-refractivity contribution in [2.75, 3.05) is 7.05 Å². The number of aryl methyl sites for hydroxylation is 1. The van der Waals surface area contributed by atoms with E-state index in [4.69, 9.17) is 5.21 Å². The van der Waals surface area contributed by atoms with Crippen LogP contribution < -0.4 is 10.8 Å². The van der Waals surface area contributed by atoms with Crippen molar-refractivity contribution in [1.29, 1.82) is 0 Å². The van der Waals surface area contributed by atoms with E-state index in [0.717, 1.165) is 22.3 Å². The molecule has 4 rings (SSSR count). The number of carbonyl (C=O) groups excluding carboxylic acids is 2. The monoisotopic (exact) mass is 462 g/mol. The Labute approximate surface area is 197 Å². The molecule has 3 N–H and O–H groups in total. The van der Waals surface area contributed by atoms with Gasteiger partial charge < -0.3 is 5.32 Å². The number of hydrogen-bond acceptors (Lipinski definition) is 5. The van der Waals surface area contributed by atoms with Crippen molar-refractivity contribution in [3.05, 3.63) is 84.2 Å². The van der Waals surface area contributed by atoms with E-state index < -0.39 is 5.91 Å². The summed E-state index contributed by atoms with van der Waals surface area (Å²) in [6.07, 6.45) is 4.33. The smallest absolute Gasteiger partial charge is 0.275 e. The maximum Gasteiger partial charge on any atom is 0.275 e. The van der Waals surface area contributed by atoms with Crippen molar-refractivity contribution >= 4 is 35.1 Å². The summed E-state index contributed by atoms with van der Waals surface area (Å²) in [6.45, 7) is 0. The van der Waals surface area contributed by atoms with Gasteiger partial charge in [0.2, 0.25) is 5.91 Å². The van der Waals surface area contributed by atoms with Gasteiger partial charge in [-0.2, -0.15) is 0 Å². The van der Waals surface area contributed by atoms with E-state index >= 15 is 0 Å². The highest BCUT2D eigenvalue weighted by molar-refractivity contribution is 6.06. The average Bonchev–Trinajstić information content (AvgIpc) is 2.86. The van der Waals surface area contributed by atoms with Crippen molar-refractivity contribution in [1.82, 2.24) is 20.8 Å². The number of aromatic nitrogens is 2. The van der Waals surface area contributed by atoms with Crippen LogP contribution in [0, 0.1) is 0 Å². The van der Waals surface area contributed by atoms with Crippen LogP contribution >= 0.6 is 12.4 Å². The van der Waals surface area contributed by atoms with Crippen LogP contribution in [-0.2, 0) is 11.2 Å². The van der Waals surface area contributed by atoms with Crippen LogP contribution in [0.5, 0.6) is 0 Å². The fourth-order valence-electron chi connectivity index (χ4n) is 3.54. The summed E-state index contributed by atoms with van der Waals surface area (Å²) < 4.78 is 0. The van der Waals surface area contributed by atoms with Crippen molar-refractivity contribution < 1.29 is 14.8 Å². The van der Waals surface area contributed by atoms with Gasteiger partial charge >= 0.3 is 0 Å². The van der Waals surface area contributed by atoms with E-state index in [2.05, 4.69) is 15.3 Å². The van der Waals surface area contributed by atoms with Gasteiger partial charge in [0.15, 0.2) is 0 Å². The Morgan fingerprint density at radius 3 is 2.21 bits per heavy atom. The second-order valence-corrected chi connectivity index (χ2v) is 7.34. The predicted octanol–water partition coefficient (Wildman–Crippen LogP) is 4.18. The summed E-state index contributed by atoms with van der Waals surface area (Å²) in [5.74, 6) is -0.581. The molecule has 2 aromatic carbocycles. The Balaban J connectivity index is 0.00000306. The first-order valence-corrected chi connectivity index (χ1v) is 10.2. The quantitative estimate of drug-likeness (QED) is 0.294. The molecule has 0 fully saturated rings. The predicted molar refractivity (Wildman–Crippen MR) is 129 cm³/mol. The molecule has 0 saturated carbocycles. The SMILES string of the molecule is CNC(=O)CCc1ccc(-c2ccc(-c3cc(C(=O)NO)c4cnccc4n3)cc2)cc1.Cl. The van der Waals surface area contributed by atoms with Crippen molar-refractivity contribution in [3.63, 3.8) is 0 Å². The van der Waals surface area contributed by atoms with Gasteiger partial charge in [0.1, 0.15) is 0 Å². The summed E-state index contributed by atoms with van der Waals surface area (Å²) >= 11 is 0. The lowest BCUT2D eigenvalue weighted by atomic mass is 9.99. The summed E-state index contributed by atoms with van der Waals surface area (Å²) in [7, 11) is 1.64. The first-order valence-electron chi connectivity index (χ1n) is 10.2. The number of fused-ring (bicyclic) bond motifs is 1. The second-order valence-electron chi connectivity index (χ2n) is 7.34. The average molecular weight is 463 g/mol. The fourth-order valence-corrected chi connectivity index (χ4v) is 3.54. The molecule has 0 atom stereocenters. The number of rotatable bonds is 6. The molecular weight excluding hydrogens is 440 g/mol. The van der Waals surface area contributed by atoms with Gasteiger partial charge in [-0.15, -0.1) is 12.4 Å². The number of carbonyl (C=O) groups is 2. The number of hydroxylamine groups is 1. The molecule has 0 aliphatic rings. The summed E-state index contributed by atoms with van der Waals surface area (Å²) in [4.78, 5) is 32.2. The Bertz CT molecular complexity index is 1280. The van der Waals surface area contributed by atoms with Gasteiger partial charge in [-0.25, -0.2) is 10.5 Å². The second kappa shape index (κ2) is 10.7. The molecule has 2 aromatic heterocycles. The molecule has 7 nitrogen and oxygen atoms in total. The number of benzene rings is 2. The molecule has 0 aliphatic carbocycles. The maximum atomic E-state index is 12.1. The third-order valence-electron chi connectivity index (χ3n) is 5.34. The number of nitrogens with zero attached hydrogens (tertiary/aromatic N) is 2. The van der Waals surface area contributed by atoms with Crippen molar-refractivity contribution in [2.24, 2.45) is 0 Å². The van der Waals surface area contributed by atoms with E-state index in [-0.39, 0.29) is 18.3 Å². The molecule has 0 unspecified atom stereocenters. The lowest BCUT2D eigenvalue weighted by Gasteiger charge is -2.09. The number of nitrogens with one attached hydrogen (secondary N) is 2. The Kier molecular flexibility index (Phi) is 7.71. The van der Waals surface area contributed by atoms with Gasteiger partial charge in [0.05, 0.1) is 16.8 Å². The van der Waals surface area contributed by atoms with E-state index in [1.54, 1.807) is 37.1 Å². The molecule has 2 heterocycles. The van der Waals surface area contributed by atoms with Crippen molar-refractivity contribution in [3.8, 4) is 22.4 Å².